The minimum Gasteiger partial charge on any atom is -0.367 e. The Morgan fingerprint density at radius 3 is 2.50 bits per heavy atom. The van der Waals surface area contributed by atoms with Gasteiger partial charge in [-0.15, -0.1) is 0 Å². The highest BCUT2D eigenvalue weighted by atomic mass is 35.5. The number of piperazine rings is 1. The van der Waals surface area contributed by atoms with Crippen molar-refractivity contribution in [3.05, 3.63) is 28.8 Å². The monoisotopic (exact) mass is 264 g/mol. The molecule has 1 aliphatic carbocycles. The molecule has 1 aliphatic heterocycles. The quantitative estimate of drug-likeness (QED) is 0.784. The molecule has 18 heavy (non-hydrogen) atoms. The van der Waals surface area contributed by atoms with E-state index in [0.29, 0.717) is 10.6 Å². The molecule has 0 unspecified atom stereocenters. The van der Waals surface area contributed by atoms with E-state index in [2.05, 4.69) is 9.80 Å². The summed E-state index contributed by atoms with van der Waals surface area (Å²) in [5.74, 6) is 0. The summed E-state index contributed by atoms with van der Waals surface area (Å²) in [6, 6.07) is 6.35. The summed E-state index contributed by atoms with van der Waals surface area (Å²) >= 11 is 6.24. The molecule has 1 aromatic rings. The van der Waals surface area contributed by atoms with E-state index in [9.17, 15) is 4.79 Å². The van der Waals surface area contributed by atoms with E-state index in [1.807, 2.05) is 18.2 Å². The van der Waals surface area contributed by atoms with E-state index < -0.39 is 0 Å². The van der Waals surface area contributed by atoms with Crippen LogP contribution in [0.3, 0.4) is 0 Å². The molecular formula is C14H17ClN2O. The number of anilines is 1. The molecule has 96 valence electrons. The van der Waals surface area contributed by atoms with E-state index in [1.165, 1.54) is 12.8 Å². The fraction of sp³-hybridized carbons (Fsp3) is 0.500. The SMILES string of the molecule is O=Cc1cccc(Cl)c1N1CCN(C2CC2)CC1. The number of halogens is 1. The maximum atomic E-state index is 11.1. The molecule has 2 aliphatic rings. The van der Waals surface area contributed by atoms with E-state index in [-0.39, 0.29) is 0 Å². The molecule has 1 heterocycles. The van der Waals surface area contributed by atoms with Crippen LogP contribution >= 0.6 is 11.6 Å². The largest absolute Gasteiger partial charge is 0.367 e. The van der Waals surface area contributed by atoms with Gasteiger partial charge in [-0.1, -0.05) is 17.7 Å². The predicted octanol–water partition coefficient (Wildman–Crippen LogP) is 2.44. The van der Waals surface area contributed by atoms with E-state index in [0.717, 1.165) is 44.2 Å². The zero-order chi connectivity index (χ0) is 12.5. The van der Waals surface area contributed by atoms with Crippen LogP contribution in [0.5, 0.6) is 0 Å². The fourth-order valence-electron chi connectivity index (χ4n) is 2.71. The summed E-state index contributed by atoms with van der Waals surface area (Å²) in [6.45, 7) is 4.07. The van der Waals surface area contributed by atoms with Gasteiger partial charge in [-0.25, -0.2) is 0 Å². The molecule has 4 heteroatoms. The summed E-state index contributed by atoms with van der Waals surface area (Å²) in [5, 5.41) is 0.680. The van der Waals surface area contributed by atoms with Gasteiger partial charge in [0.1, 0.15) is 0 Å². The first-order valence-electron chi connectivity index (χ1n) is 6.52. The van der Waals surface area contributed by atoms with Crippen molar-refractivity contribution in [1.29, 1.82) is 0 Å². The summed E-state index contributed by atoms with van der Waals surface area (Å²) in [5.41, 5.74) is 1.60. The molecule has 1 aromatic carbocycles. The van der Waals surface area contributed by atoms with Gasteiger partial charge in [-0.2, -0.15) is 0 Å². The third-order valence-corrected chi connectivity index (χ3v) is 4.14. The van der Waals surface area contributed by atoms with Crippen LogP contribution in [0.15, 0.2) is 18.2 Å². The summed E-state index contributed by atoms with van der Waals surface area (Å²) in [7, 11) is 0. The molecule has 3 rings (SSSR count). The summed E-state index contributed by atoms with van der Waals surface area (Å²) in [4.78, 5) is 15.9. The van der Waals surface area contributed by atoms with Crippen molar-refractivity contribution in [2.45, 2.75) is 18.9 Å². The average molecular weight is 265 g/mol. The lowest BCUT2D eigenvalue weighted by atomic mass is 10.1. The van der Waals surface area contributed by atoms with Gasteiger partial charge >= 0.3 is 0 Å². The van der Waals surface area contributed by atoms with Gasteiger partial charge in [0.25, 0.3) is 0 Å². The van der Waals surface area contributed by atoms with Crippen LogP contribution in [0, 0.1) is 0 Å². The first-order valence-corrected chi connectivity index (χ1v) is 6.90. The molecular weight excluding hydrogens is 248 g/mol. The lowest BCUT2D eigenvalue weighted by Crippen LogP contribution is -2.47. The van der Waals surface area contributed by atoms with Gasteiger partial charge < -0.3 is 4.90 Å². The minimum absolute atomic E-state index is 0.680. The Balaban J connectivity index is 1.77. The molecule has 3 nitrogen and oxygen atoms in total. The van der Waals surface area contributed by atoms with Crippen molar-refractivity contribution in [3.63, 3.8) is 0 Å². The van der Waals surface area contributed by atoms with Crippen molar-refractivity contribution < 1.29 is 4.79 Å². The third kappa shape index (κ3) is 2.25. The maximum Gasteiger partial charge on any atom is 0.152 e. The zero-order valence-electron chi connectivity index (χ0n) is 10.3. The molecule has 0 amide bonds. The highest BCUT2D eigenvalue weighted by Gasteiger charge is 2.31. The van der Waals surface area contributed by atoms with Crippen LogP contribution in [0.2, 0.25) is 5.02 Å². The minimum atomic E-state index is 0.680. The average Bonchev–Trinajstić information content (AvgIpc) is 3.23. The van der Waals surface area contributed by atoms with Gasteiger partial charge in [0.05, 0.1) is 10.7 Å². The zero-order valence-corrected chi connectivity index (χ0v) is 11.1. The smallest absolute Gasteiger partial charge is 0.152 e. The van der Waals surface area contributed by atoms with Crippen molar-refractivity contribution in [3.8, 4) is 0 Å². The van der Waals surface area contributed by atoms with Crippen LogP contribution in [0.25, 0.3) is 0 Å². The van der Waals surface area contributed by atoms with Crippen molar-refractivity contribution in [2.24, 2.45) is 0 Å². The Morgan fingerprint density at radius 2 is 1.89 bits per heavy atom. The van der Waals surface area contributed by atoms with E-state index in [1.54, 1.807) is 0 Å². The Labute approximate surface area is 112 Å². The van der Waals surface area contributed by atoms with Crippen LogP contribution in [-0.4, -0.2) is 43.4 Å². The summed E-state index contributed by atoms with van der Waals surface area (Å²) in [6.07, 6.45) is 3.60. The van der Waals surface area contributed by atoms with Crippen molar-refractivity contribution in [1.82, 2.24) is 4.90 Å². The molecule has 1 saturated heterocycles. The number of rotatable bonds is 3. The second kappa shape index (κ2) is 4.90. The third-order valence-electron chi connectivity index (χ3n) is 3.84. The molecule has 0 aromatic heterocycles. The van der Waals surface area contributed by atoms with Crippen molar-refractivity contribution in [2.75, 3.05) is 31.1 Å². The highest BCUT2D eigenvalue weighted by Crippen LogP contribution is 2.32. The number of aldehydes is 1. The normalized spacial score (nSPS) is 21.1. The number of carbonyl (C=O) groups excluding carboxylic acids is 1. The highest BCUT2D eigenvalue weighted by molar-refractivity contribution is 6.33. The van der Waals surface area contributed by atoms with Crippen molar-refractivity contribution >= 4 is 23.6 Å². The Kier molecular flexibility index (Phi) is 3.27. The second-order valence-electron chi connectivity index (χ2n) is 5.05. The first-order chi connectivity index (χ1) is 8.79. The van der Waals surface area contributed by atoms with Gasteiger partial charge in [-0.05, 0) is 25.0 Å². The molecule has 0 spiro atoms. The fourth-order valence-corrected chi connectivity index (χ4v) is 3.01. The first kappa shape index (κ1) is 12.0. The Morgan fingerprint density at radius 1 is 1.17 bits per heavy atom. The molecule has 0 bridgehead atoms. The van der Waals surface area contributed by atoms with Gasteiger partial charge in [0, 0.05) is 37.8 Å². The topological polar surface area (TPSA) is 23.6 Å². The molecule has 0 N–H and O–H groups in total. The molecule has 2 fully saturated rings. The molecule has 1 saturated carbocycles. The van der Waals surface area contributed by atoms with Crippen LogP contribution in [0.4, 0.5) is 5.69 Å². The van der Waals surface area contributed by atoms with Gasteiger partial charge in [-0.3, -0.25) is 9.69 Å². The number of para-hydroxylation sites is 1. The predicted molar refractivity (Wildman–Crippen MR) is 73.6 cm³/mol. The summed E-state index contributed by atoms with van der Waals surface area (Å²) < 4.78 is 0. The number of hydrogen-bond donors (Lipinski definition) is 0. The molecule has 0 atom stereocenters. The lowest BCUT2D eigenvalue weighted by Gasteiger charge is -2.37. The number of hydrogen-bond acceptors (Lipinski definition) is 3. The van der Waals surface area contributed by atoms with E-state index >= 15 is 0 Å². The number of benzene rings is 1. The van der Waals surface area contributed by atoms with Gasteiger partial charge in [0.15, 0.2) is 6.29 Å². The van der Waals surface area contributed by atoms with Crippen LogP contribution in [-0.2, 0) is 0 Å². The Hall–Kier alpha value is -1.06. The van der Waals surface area contributed by atoms with Gasteiger partial charge in [0.2, 0.25) is 0 Å². The van der Waals surface area contributed by atoms with E-state index in [4.69, 9.17) is 11.6 Å². The van der Waals surface area contributed by atoms with Crippen LogP contribution in [0.1, 0.15) is 23.2 Å². The lowest BCUT2D eigenvalue weighted by molar-refractivity contribution is 0.112. The number of nitrogens with zero attached hydrogens (tertiary/aromatic N) is 2. The molecule has 0 radical (unpaired) electrons. The maximum absolute atomic E-state index is 11.1. The number of carbonyl (C=O) groups is 1. The van der Waals surface area contributed by atoms with Crippen LogP contribution < -0.4 is 4.90 Å². The second-order valence-corrected chi connectivity index (χ2v) is 5.46. The standard InChI is InChI=1S/C14H17ClN2O/c15-13-3-1-2-11(10-18)14(13)17-8-6-16(7-9-17)12-4-5-12/h1-3,10,12H,4-9H2. The Bertz CT molecular complexity index is 451.